The van der Waals surface area contributed by atoms with Gasteiger partial charge < -0.3 is 15.7 Å². The SMILES string of the molecule is CC(NC(=O)Cc1csc(NC(=O)Cc2cccs2)n1)C(=O)O. The van der Waals surface area contributed by atoms with E-state index in [9.17, 15) is 14.4 Å². The molecular formula is C14H15N3O4S2. The van der Waals surface area contributed by atoms with Crippen LogP contribution in [-0.2, 0) is 27.2 Å². The van der Waals surface area contributed by atoms with Crippen molar-refractivity contribution in [3.05, 3.63) is 33.5 Å². The lowest BCUT2D eigenvalue weighted by atomic mass is 10.3. The summed E-state index contributed by atoms with van der Waals surface area (Å²) in [4.78, 5) is 39.3. The molecule has 9 heteroatoms. The van der Waals surface area contributed by atoms with E-state index in [1.165, 1.54) is 29.6 Å². The molecule has 1 unspecified atom stereocenters. The van der Waals surface area contributed by atoms with Crippen LogP contribution in [0.5, 0.6) is 0 Å². The third kappa shape index (κ3) is 5.46. The maximum atomic E-state index is 11.8. The first kappa shape index (κ1) is 17.1. The summed E-state index contributed by atoms with van der Waals surface area (Å²) < 4.78 is 0. The highest BCUT2D eigenvalue weighted by Gasteiger charge is 2.15. The average Bonchev–Trinajstić information content (AvgIpc) is 3.10. The van der Waals surface area contributed by atoms with Crippen LogP contribution in [0.2, 0.25) is 0 Å². The van der Waals surface area contributed by atoms with Gasteiger partial charge in [-0.25, -0.2) is 4.98 Å². The molecule has 7 nitrogen and oxygen atoms in total. The molecule has 0 bridgehead atoms. The second kappa shape index (κ2) is 7.84. The number of nitrogens with one attached hydrogen (secondary N) is 2. The van der Waals surface area contributed by atoms with E-state index in [0.717, 1.165) is 4.88 Å². The minimum atomic E-state index is -1.10. The average molecular weight is 353 g/mol. The summed E-state index contributed by atoms with van der Waals surface area (Å²) >= 11 is 2.73. The molecule has 0 spiro atoms. The van der Waals surface area contributed by atoms with E-state index in [1.54, 1.807) is 5.38 Å². The quantitative estimate of drug-likeness (QED) is 0.699. The summed E-state index contributed by atoms with van der Waals surface area (Å²) in [5.74, 6) is -1.70. The molecule has 2 rings (SSSR count). The summed E-state index contributed by atoms with van der Waals surface area (Å²) in [7, 11) is 0. The second-order valence-electron chi connectivity index (χ2n) is 4.75. The molecule has 2 heterocycles. The Bertz CT molecular complexity index is 697. The van der Waals surface area contributed by atoms with Crippen LogP contribution in [0.3, 0.4) is 0 Å². The van der Waals surface area contributed by atoms with Crippen LogP contribution in [0.1, 0.15) is 17.5 Å². The van der Waals surface area contributed by atoms with E-state index < -0.39 is 17.9 Å². The lowest BCUT2D eigenvalue weighted by Crippen LogP contribution is -2.39. The van der Waals surface area contributed by atoms with Gasteiger partial charge in [0.15, 0.2) is 5.13 Å². The van der Waals surface area contributed by atoms with Gasteiger partial charge in [0.2, 0.25) is 11.8 Å². The van der Waals surface area contributed by atoms with Gasteiger partial charge in [-0.05, 0) is 18.4 Å². The molecule has 2 aromatic heterocycles. The van der Waals surface area contributed by atoms with Gasteiger partial charge >= 0.3 is 5.97 Å². The first-order valence-corrected chi connectivity index (χ1v) is 8.49. The van der Waals surface area contributed by atoms with Gasteiger partial charge in [-0.3, -0.25) is 14.4 Å². The van der Waals surface area contributed by atoms with Crippen molar-refractivity contribution in [1.29, 1.82) is 0 Å². The number of carboxylic acids is 1. The number of carbonyl (C=O) groups is 3. The van der Waals surface area contributed by atoms with E-state index >= 15 is 0 Å². The van der Waals surface area contributed by atoms with Gasteiger partial charge in [0.1, 0.15) is 6.04 Å². The molecule has 2 aromatic rings. The first-order chi connectivity index (χ1) is 10.9. The number of thiophene rings is 1. The number of rotatable bonds is 7. The Balaban J connectivity index is 1.84. The number of anilines is 1. The molecule has 2 amide bonds. The Hall–Kier alpha value is -2.26. The zero-order valence-electron chi connectivity index (χ0n) is 12.2. The maximum absolute atomic E-state index is 11.8. The Morgan fingerprint density at radius 1 is 1.26 bits per heavy atom. The number of hydrogen-bond acceptors (Lipinski definition) is 6. The van der Waals surface area contributed by atoms with Crippen molar-refractivity contribution in [1.82, 2.24) is 10.3 Å². The minimum absolute atomic E-state index is 0.0328. The fraction of sp³-hybridized carbons (Fsp3) is 0.286. The molecular weight excluding hydrogens is 338 g/mol. The lowest BCUT2D eigenvalue weighted by Gasteiger charge is -2.07. The lowest BCUT2D eigenvalue weighted by molar-refractivity contribution is -0.141. The number of carbonyl (C=O) groups excluding carboxylic acids is 2. The smallest absolute Gasteiger partial charge is 0.325 e. The van der Waals surface area contributed by atoms with E-state index in [-0.39, 0.29) is 18.7 Å². The molecule has 0 aromatic carbocycles. The largest absolute Gasteiger partial charge is 0.480 e. The van der Waals surface area contributed by atoms with Crippen LogP contribution in [-0.4, -0.2) is 33.9 Å². The minimum Gasteiger partial charge on any atom is -0.480 e. The molecule has 23 heavy (non-hydrogen) atoms. The molecule has 3 N–H and O–H groups in total. The molecule has 0 radical (unpaired) electrons. The first-order valence-electron chi connectivity index (χ1n) is 6.73. The highest BCUT2D eigenvalue weighted by atomic mass is 32.1. The Kier molecular flexibility index (Phi) is 5.83. The van der Waals surface area contributed by atoms with E-state index in [1.807, 2.05) is 17.5 Å². The summed E-state index contributed by atoms with van der Waals surface area (Å²) in [6, 6.07) is 2.81. The number of amides is 2. The zero-order chi connectivity index (χ0) is 16.8. The van der Waals surface area contributed by atoms with Crippen LogP contribution < -0.4 is 10.6 Å². The van der Waals surface area contributed by atoms with Gasteiger partial charge in [-0.1, -0.05) is 6.07 Å². The fourth-order valence-electron chi connectivity index (χ4n) is 1.70. The van der Waals surface area contributed by atoms with Crippen LogP contribution in [0.4, 0.5) is 5.13 Å². The van der Waals surface area contributed by atoms with Crippen molar-refractivity contribution in [2.45, 2.75) is 25.8 Å². The van der Waals surface area contributed by atoms with Crippen molar-refractivity contribution >= 4 is 45.6 Å². The van der Waals surface area contributed by atoms with E-state index in [4.69, 9.17) is 5.11 Å². The highest BCUT2D eigenvalue weighted by Crippen LogP contribution is 2.17. The van der Waals surface area contributed by atoms with Crippen molar-refractivity contribution in [2.75, 3.05) is 5.32 Å². The number of thiazole rings is 1. The summed E-state index contributed by atoms with van der Waals surface area (Å²) in [5.41, 5.74) is 0.483. The third-order valence-electron chi connectivity index (χ3n) is 2.80. The maximum Gasteiger partial charge on any atom is 0.325 e. The number of aromatic nitrogens is 1. The van der Waals surface area contributed by atoms with Gasteiger partial charge in [-0.2, -0.15) is 0 Å². The van der Waals surface area contributed by atoms with Crippen molar-refractivity contribution < 1.29 is 19.5 Å². The fourth-order valence-corrected chi connectivity index (χ4v) is 3.13. The van der Waals surface area contributed by atoms with Crippen molar-refractivity contribution in [3.8, 4) is 0 Å². The zero-order valence-corrected chi connectivity index (χ0v) is 13.9. The Morgan fingerprint density at radius 3 is 2.70 bits per heavy atom. The molecule has 0 aliphatic heterocycles. The standard InChI is InChI=1S/C14H15N3O4S2/c1-8(13(20)21)15-11(18)5-9-7-23-14(16-9)17-12(19)6-10-3-2-4-22-10/h2-4,7-8H,5-6H2,1H3,(H,15,18)(H,20,21)(H,16,17,19). The third-order valence-corrected chi connectivity index (χ3v) is 4.49. The van der Waals surface area contributed by atoms with Crippen LogP contribution >= 0.6 is 22.7 Å². The number of hydrogen-bond donors (Lipinski definition) is 3. The van der Waals surface area contributed by atoms with Gasteiger partial charge in [0.05, 0.1) is 18.5 Å². The predicted octanol–water partition coefficient (Wildman–Crippen LogP) is 1.52. The molecule has 0 saturated carbocycles. The van der Waals surface area contributed by atoms with Gasteiger partial charge in [0.25, 0.3) is 0 Å². The molecule has 122 valence electrons. The number of carboxylic acid groups (broad SMARTS) is 1. The topological polar surface area (TPSA) is 108 Å². The number of nitrogens with zero attached hydrogens (tertiary/aromatic N) is 1. The second-order valence-corrected chi connectivity index (χ2v) is 6.64. The van der Waals surface area contributed by atoms with E-state index in [2.05, 4.69) is 15.6 Å². The summed E-state index contributed by atoms with van der Waals surface area (Å²) in [5, 5.41) is 17.7. The highest BCUT2D eigenvalue weighted by molar-refractivity contribution is 7.14. The molecule has 0 fully saturated rings. The van der Waals surface area contributed by atoms with Crippen LogP contribution in [0, 0.1) is 0 Å². The normalized spacial score (nSPS) is 11.7. The summed E-state index contributed by atoms with van der Waals surface area (Å²) in [6.07, 6.45) is 0.248. The number of aliphatic carboxylic acids is 1. The molecule has 0 saturated heterocycles. The Labute approximate surface area is 140 Å². The van der Waals surface area contributed by atoms with Crippen LogP contribution in [0.25, 0.3) is 0 Å². The van der Waals surface area contributed by atoms with Crippen molar-refractivity contribution in [3.63, 3.8) is 0 Å². The van der Waals surface area contributed by atoms with Gasteiger partial charge in [-0.15, -0.1) is 22.7 Å². The monoisotopic (exact) mass is 353 g/mol. The molecule has 0 aliphatic carbocycles. The molecule has 0 aliphatic rings. The summed E-state index contributed by atoms with van der Waals surface area (Å²) in [6.45, 7) is 1.39. The Morgan fingerprint density at radius 2 is 2.04 bits per heavy atom. The van der Waals surface area contributed by atoms with Gasteiger partial charge in [0, 0.05) is 10.3 Å². The van der Waals surface area contributed by atoms with Crippen molar-refractivity contribution in [2.24, 2.45) is 0 Å². The predicted molar refractivity (Wildman–Crippen MR) is 87.7 cm³/mol. The van der Waals surface area contributed by atoms with Crippen LogP contribution in [0.15, 0.2) is 22.9 Å². The van der Waals surface area contributed by atoms with E-state index in [0.29, 0.717) is 10.8 Å². The molecule has 1 atom stereocenters.